The van der Waals surface area contributed by atoms with Gasteiger partial charge in [-0.1, -0.05) is 97.1 Å². The number of aromatic nitrogens is 1. The summed E-state index contributed by atoms with van der Waals surface area (Å²) in [5.74, 6) is 0.566. The fourth-order valence-corrected chi connectivity index (χ4v) is 7.64. The van der Waals surface area contributed by atoms with E-state index in [0.29, 0.717) is 5.89 Å². The zero-order chi connectivity index (χ0) is 34.2. The zero-order valence-electron chi connectivity index (χ0n) is 27.8. The van der Waals surface area contributed by atoms with E-state index in [1.54, 1.807) is 0 Å². The van der Waals surface area contributed by atoms with Gasteiger partial charge in [-0.3, -0.25) is 0 Å². The van der Waals surface area contributed by atoms with E-state index in [2.05, 4.69) is 114 Å². The fraction of sp³-hybridized carbons (Fsp3) is 0. The molecule has 244 valence electrons. The monoisotopic (exact) mass is 668 g/mol. The highest BCUT2D eigenvalue weighted by atomic mass is 16.4. The van der Waals surface area contributed by atoms with Crippen LogP contribution < -0.4 is 4.90 Å². The van der Waals surface area contributed by atoms with Gasteiger partial charge in [0, 0.05) is 38.9 Å². The van der Waals surface area contributed by atoms with Crippen LogP contribution in [0.4, 0.5) is 17.1 Å². The highest BCUT2D eigenvalue weighted by Crippen LogP contribution is 2.46. The van der Waals surface area contributed by atoms with Crippen molar-refractivity contribution in [2.24, 2.45) is 0 Å². The molecule has 0 N–H and O–H groups in total. The van der Waals surface area contributed by atoms with Crippen LogP contribution in [-0.4, -0.2) is 4.98 Å². The van der Waals surface area contributed by atoms with Crippen molar-refractivity contribution in [1.82, 2.24) is 4.98 Å². The number of nitrogens with zero attached hydrogens (tertiary/aromatic N) is 2. The second-order valence-electron chi connectivity index (χ2n) is 13.1. The SMILES string of the molecule is c1ccc(-c2ccc3cc(N(c4ccc5c(c4)oc4ccccc45)c4cccc5c4oc4cccc(-c6nc7ccccc7o6)c45)ccc3c2)cc1. The topological polar surface area (TPSA) is 55.6 Å². The molecule has 8 aromatic carbocycles. The van der Waals surface area contributed by atoms with Gasteiger partial charge in [0.2, 0.25) is 5.89 Å². The first kappa shape index (κ1) is 28.7. The van der Waals surface area contributed by atoms with Crippen molar-refractivity contribution in [3.63, 3.8) is 0 Å². The summed E-state index contributed by atoms with van der Waals surface area (Å²) in [6.45, 7) is 0. The van der Waals surface area contributed by atoms with E-state index in [0.717, 1.165) is 83.0 Å². The Morgan fingerprint density at radius 1 is 0.423 bits per heavy atom. The van der Waals surface area contributed by atoms with E-state index >= 15 is 0 Å². The first-order valence-electron chi connectivity index (χ1n) is 17.4. The summed E-state index contributed by atoms with van der Waals surface area (Å²) in [4.78, 5) is 7.11. The fourth-order valence-electron chi connectivity index (χ4n) is 7.64. The average molecular weight is 669 g/mol. The summed E-state index contributed by atoms with van der Waals surface area (Å²) in [5, 5.41) is 6.43. The van der Waals surface area contributed by atoms with Crippen LogP contribution in [0.5, 0.6) is 0 Å². The van der Waals surface area contributed by atoms with Crippen LogP contribution in [0, 0.1) is 0 Å². The predicted octanol–water partition coefficient (Wildman–Crippen LogP) is 13.6. The lowest BCUT2D eigenvalue weighted by atomic mass is 10.0. The Morgan fingerprint density at radius 3 is 2.06 bits per heavy atom. The van der Waals surface area contributed by atoms with Crippen molar-refractivity contribution >= 4 is 82.8 Å². The first-order valence-corrected chi connectivity index (χ1v) is 17.4. The Hall–Kier alpha value is -7.11. The van der Waals surface area contributed by atoms with Crippen LogP contribution in [0.2, 0.25) is 0 Å². The van der Waals surface area contributed by atoms with E-state index in [9.17, 15) is 0 Å². The quantitative estimate of drug-likeness (QED) is 0.183. The normalized spacial score (nSPS) is 11.8. The second-order valence-corrected chi connectivity index (χ2v) is 13.1. The summed E-state index contributed by atoms with van der Waals surface area (Å²) < 4.78 is 19.5. The van der Waals surface area contributed by atoms with Gasteiger partial charge in [-0.15, -0.1) is 0 Å². The van der Waals surface area contributed by atoms with Gasteiger partial charge in [-0.25, -0.2) is 4.98 Å². The maximum Gasteiger partial charge on any atom is 0.228 e. The van der Waals surface area contributed by atoms with Gasteiger partial charge in [-0.05, 0) is 88.6 Å². The van der Waals surface area contributed by atoms with E-state index in [-0.39, 0.29) is 0 Å². The van der Waals surface area contributed by atoms with Crippen LogP contribution in [0.15, 0.2) is 183 Å². The van der Waals surface area contributed by atoms with Crippen LogP contribution in [0.25, 0.3) is 88.3 Å². The van der Waals surface area contributed by atoms with Crippen LogP contribution >= 0.6 is 0 Å². The molecule has 52 heavy (non-hydrogen) atoms. The number of benzene rings is 8. The van der Waals surface area contributed by atoms with Crippen molar-refractivity contribution < 1.29 is 13.3 Å². The number of para-hydroxylation sites is 4. The minimum Gasteiger partial charge on any atom is -0.456 e. The maximum atomic E-state index is 6.80. The molecular formula is C47H28N2O3. The highest BCUT2D eigenvalue weighted by molar-refractivity contribution is 6.16. The molecule has 0 spiro atoms. The lowest BCUT2D eigenvalue weighted by Crippen LogP contribution is -2.10. The Morgan fingerprint density at radius 2 is 1.13 bits per heavy atom. The van der Waals surface area contributed by atoms with Crippen molar-refractivity contribution in [1.29, 1.82) is 0 Å². The van der Waals surface area contributed by atoms with Gasteiger partial charge in [0.15, 0.2) is 11.2 Å². The number of anilines is 3. The lowest BCUT2D eigenvalue weighted by molar-refractivity contribution is 0.620. The molecule has 5 heteroatoms. The molecule has 0 atom stereocenters. The third kappa shape index (κ3) is 4.46. The van der Waals surface area contributed by atoms with Crippen molar-refractivity contribution in [3.8, 4) is 22.6 Å². The molecule has 3 aromatic heterocycles. The number of furan rings is 2. The summed E-state index contributed by atoms with van der Waals surface area (Å²) >= 11 is 0. The number of rotatable bonds is 5. The second kappa shape index (κ2) is 11.2. The largest absolute Gasteiger partial charge is 0.456 e. The molecule has 0 saturated heterocycles. The van der Waals surface area contributed by atoms with E-state index in [1.165, 1.54) is 16.5 Å². The molecule has 0 fully saturated rings. The molecule has 0 aliphatic rings. The Labute approximate surface area is 297 Å². The number of hydrogen-bond donors (Lipinski definition) is 0. The summed E-state index contributed by atoms with van der Waals surface area (Å²) in [6.07, 6.45) is 0. The van der Waals surface area contributed by atoms with Gasteiger partial charge >= 0.3 is 0 Å². The van der Waals surface area contributed by atoms with Gasteiger partial charge in [0.1, 0.15) is 22.3 Å². The smallest absolute Gasteiger partial charge is 0.228 e. The first-order chi connectivity index (χ1) is 25.7. The van der Waals surface area contributed by atoms with Crippen molar-refractivity contribution in [2.75, 3.05) is 4.90 Å². The average Bonchev–Trinajstić information content (AvgIpc) is 3.92. The van der Waals surface area contributed by atoms with Crippen LogP contribution in [0.1, 0.15) is 0 Å². The van der Waals surface area contributed by atoms with Crippen LogP contribution in [0.3, 0.4) is 0 Å². The molecule has 0 unspecified atom stereocenters. The highest BCUT2D eigenvalue weighted by Gasteiger charge is 2.23. The zero-order valence-corrected chi connectivity index (χ0v) is 27.8. The Kier molecular flexibility index (Phi) is 6.18. The van der Waals surface area contributed by atoms with Crippen molar-refractivity contribution in [3.05, 3.63) is 170 Å². The number of hydrogen-bond acceptors (Lipinski definition) is 5. The van der Waals surface area contributed by atoms with E-state index in [1.807, 2.05) is 60.7 Å². The Balaban J connectivity index is 1.13. The van der Waals surface area contributed by atoms with Gasteiger partial charge in [-0.2, -0.15) is 0 Å². The molecule has 5 nitrogen and oxygen atoms in total. The molecule has 0 aliphatic heterocycles. The minimum absolute atomic E-state index is 0.566. The van der Waals surface area contributed by atoms with Gasteiger partial charge < -0.3 is 18.2 Å². The third-order valence-electron chi connectivity index (χ3n) is 10.1. The number of oxazole rings is 1. The molecule has 0 aliphatic carbocycles. The molecular weight excluding hydrogens is 641 g/mol. The molecule has 0 bridgehead atoms. The Bertz CT molecular complexity index is 3120. The van der Waals surface area contributed by atoms with E-state index < -0.39 is 0 Å². The maximum absolute atomic E-state index is 6.80. The molecule has 0 amide bonds. The minimum atomic E-state index is 0.566. The molecule has 11 aromatic rings. The van der Waals surface area contributed by atoms with Crippen molar-refractivity contribution in [2.45, 2.75) is 0 Å². The molecule has 0 radical (unpaired) electrons. The van der Waals surface area contributed by atoms with Crippen LogP contribution in [-0.2, 0) is 0 Å². The summed E-state index contributed by atoms with van der Waals surface area (Å²) in [6, 6.07) is 58.7. The third-order valence-corrected chi connectivity index (χ3v) is 10.1. The molecule has 11 rings (SSSR count). The predicted molar refractivity (Wildman–Crippen MR) is 212 cm³/mol. The molecule has 3 heterocycles. The van der Waals surface area contributed by atoms with Gasteiger partial charge in [0.25, 0.3) is 0 Å². The van der Waals surface area contributed by atoms with Gasteiger partial charge in [0.05, 0.1) is 11.4 Å². The summed E-state index contributed by atoms with van der Waals surface area (Å²) in [5.41, 5.74) is 10.9. The number of fused-ring (bicyclic) bond motifs is 8. The molecule has 0 saturated carbocycles. The van der Waals surface area contributed by atoms with E-state index in [4.69, 9.17) is 18.2 Å². The standard InChI is InChI=1S/C47H28N2O3/c1-2-10-29(11-3-1)30-20-21-32-27-33(23-22-31(32)26-30)49(34-24-25-36-35-12-4-6-17-41(35)50-44(36)28-34)40-16-8-13-37-45-38(14-9-19-43(45)51-46(37)40)47-48-39-15-5-7-18-42(39)52-47/h1-28H. The summed E-state index contributed by atoms with van der Waals surface area (Å²) in [7, 11) is 0. The lowest BCUT2D eigenvalue weighted by Gasteiger charge is -2.26.